The number of hydrogen-bond donors (Lipinski definition) is 18. The highest BCUT2D eigenvalue weighted by atomic mass is 16.6. The van der Waals surface area contributed by atoms with Gasteiger partial charge in [0.15, 0.2) is 93.7 Å². The number of fused-ring (bicyclic) bond motifs is 5. The Kier molecular flexibility index (Phi) is 27.5. The molecule has 15 heterocycles. The molecule has 0 aromatic carbocycles. The Balaban J connectivity index is 0.000000142. The lowest BCUT2D eigenvalue weighted by Crippen LogP contribution is -2.33. The molecule has 10 aromatic rings. The average Bonchev–Trinajstić information content (AvgIpc) is 1.62. The van der Waals surface area contributed by atoms with Gasteiger partial charge in [-0.05, 0) is 25.8 Å². The molecule has 44 heteroatoms. The molecule has 608 valence electrons. The summed E-state index contributed by atoms with van der Waals surface area (Å²) in [4.78, 5) is 81.6. The molecule has 0 spiro atoms. The molecule has 0 bridgehead atoms. The third-order valence-corrected chi connectivity index (χ3v) is 19.2. The summed E-state index contributed by atoms with van der Waals surface area (Å²) >= 11 is 0. The number of imidazole rings is 5. The number of nitrogens with two attached hydrogens (primary N) is 3. The van der Waals surface area contributed by atoms with Crippen LogP contribution in [-0.2, 0) is 33.3 Å². The number of hydrogen-bond acceptors (Lipinski definition) is 37. The Bertz CT molecular complexity index is 4850. The van der Waals surface area contributed by atoms with Crippen molar-refractivity contribution in [2.24, 2.45) is 0 Å². The van der Waals surface area contributed by atoms with Crippen molar-refractivity contribution in [2.45, 2.75) is 221 Å². The van der Waals surface area contributed by atoms with E-state index in [0.717, 1.165) is 44.9 Å². The van der Waals surface area contributed by atoms with Gasteiger partial charge in [0.2, 0.25) is 11.8 Å². The summed E-state index contributed by atoms with van der Waals surface area (Å²) < 4.78 is 50.2. The summed E-state index contributed by atoms with van der Waals surface area (Å²) in [5.74, 6) is 1.01. The highest BCUT2D eigenvalue weighted by molar-refractivity contribution is 5.97. The quantitative estimate of drug-likeness (QED) is 0.0306. The predicted octanol–water partition coefficient (Wildman–Crippen LogP) is -1.49. The SMILES string of the molecule is CCCCCCCC(=O)Nc1ncnc2c1ncn2[C@@H]1O[C@H](CO)C[C@H]1O.CCCCCCCC(=O)Nc1ncnc2c1ncn2[C@@H]1O[C@H](CO)[C@H](O)[C@H]1O.Nc1ccnc2c1ncn2[C@@H]1O[C@H](CO)C(O)[C@@H]1O.[2H]c1nc(N)c2ncn([C@@H]3O[C@H](CO)C[C@H]3O)c2n1.[2H]c1nc2c(N)nc(C)nc2n1[C@@H]1O[C@H](CO)[C@H](O)[C@H]1O. The van der Waals surface area contributed by atoms with Crippen LogP contribution >= 0.6 is 0 Å². The molecule has 15 rings (SSSR count). The third kappa shape index (κ3) is 18.5. The smallest absolute Gasteiger partial charge is 0.225 e. The van der Waals surface area contributed by atoms with Crippen LogP contribution in [-0.4, -0.2) is 283 Å². The van der Waals surface area contributed by atoms with Crippen LogP contribution in [0.4, 0.5) is 29.0 Å². The van der Waals surface area contributed by atoms with Crippen LogP contribution in [0.15, 0.2) is 62.8 Å². The third-order valence-electron chi connectivity index (χ3n) is 19.2. The van der Waals surface area contributed by atoms with Gasteiger partial charge in [0.1, 0.15) is 111 Å². The molecule has 0 aliphatic carbocycles. The molecule has 5 saturated heterocycles. The van der Waals surface area contributed by atoms with Crippen LogP contribution in [0.3, 0.4) is 0 Å². The predicted molar refractivity (Wildman–Crippen MR) is 393 cm³/mol. The summed E-state index contributed by atoms with van der Waals surface area (Å²) in [5, 5.41) is 131. The van der Waals surface area contributed by atoms with Gasteiger partial charge >= 0.3 is 0 Å². The average molecular weight is 1570 g/mol. The molecule has 112 heavy (non-hydrogen) atoms. The van der Waals surface area contributed by atoms with Crippen molar-refractivity contribution in [3.63, 3.8) is 0 Å². The number of carbonyl (C=O) groups excluding carboxylic acids is 2. The summed E-state index contributed by atoms with van der Waals surface area (Å²) in [5.41, 5.74) is 21.4. The van der Waals surface area contributed by atoms with Crippen LogP contribution in [0, 0.1) is 6.92 Å². The molecule has 5 aliphatic rings. The van der Waals surface area contributed by atoms with Crippen molar-refractivity contribution in [3.05, 3.63) is 68.7 Å². The molecule has 0 saturated carbocycles. The first-order chi connectivity index (χ1) is 54.9. The fraction of sp³-hybridized carbons (Fsp3) is 0.588. The molecule has 1 unspecified atom stereocenters. The molecule has 5 aliphatic heterocycles. The van der Waals surface area contributed by atoms with Gasteiger partial charge in [0, 0.05) is 31.9 Å². The molecule has 5 fully saturated rings. The van der Waals surface area contributed by atoms with Crippen LogP contribution in [0.1, 0.15) is 143 Å². The van der Waals surface area contributed by atoms with Crippen LogP contribution < -0.4 is 27.8 Å². The summed E-state index contributed by atoms with van der Waals surface area (Å²) in [7, 11) is 0. The first kappa shape index (κ1) is 80.5. The number of aromatic nitrogens is 19. The first-order valence-electron chi connectivity index (χ1n) is 37.6. The second-order valence-corrected chi connectivity index (χ2v) is 27.1. The largest absolute Gasteiger partial charge is 0.397 e. The van der Waals surface area contributed by atoms with E-state index in [-0.39, 0.29) is 72.9 Å². The maximum absolute atomic E-state index is 12.2. The Morgan fingerprint density at radius 3 is 1.29 bits per heavy atom. The Morgan fingerprint density at radius 1 is 0.446 bits per heavy atom. The summed E-state index contributed by atoms with van der Waals surface area (Å²) in [6.45, 7) is 4.36. The standard InChI is InChI=1S/C18H27N5O5.C18H27N5O4.C11H15N5O4.C11H14N4O4.C10H13N5O3/c1-2-3-4-5-6-7-12(25)22-16-13-17(20-9-19-16)23(10-21-13)18-15(27)14(26)11(8-24)28-18;1-2-3-4-5-6-7-14(26)22-16-15-17(20-10-19-16)23(11-21-15)18-13(25)8-12(9-24)27-18;1-4-14-9(12)6-10(15-4)16(3-13-6)11-8(19)7(18)5(2-17)20-11;12-5-1-2-13-10-7(5)14-4-15(10)11-9(18)8(17)6(3-16)19-11;11-8-7-9(13-3-12-8)15(4-14-7)10-6(17)1-5(2-16)18-10/h9-11,14-15,18,24,26-27H,2-8H2,1H3,(H,19,20,22,25);10-13,18,24-25H,2-9H2,1H3,(H,19,20,22,26);3,5,7-8,11,17-19H,2H2,1H3,(H2,12,14,15);1-2,4,6,8-9,11,16-18H,3H2,(H2,12,13);3-6,10,16-17H,1-2H2,(H2,11,12,13)/t11-,14+,15-,18-;12-,13+,18+;5-,7+,8-,11-;6-,8?,9+,11-;5-,6+,10+/m10110/s1/i;;3D;;3D. The lowest BCUT2D eigenvalue weighted by molar-refractivity contribution is -0.117. The van der Waals surface area contributed by atoms with Crippen LogP contribution in [0.2, 0.25) is 0 Å². The van der Waals surface area contributed by atoms with E-state index in [1.165, 1.54) is 81.7 Å². The zero-order valence-electron chi connectivity index (χ0n) is 63.3. The number of anilines is 5. The minimum Gasteiger partial charge on any atom is -0.397 e. The molecule has 10 aromatic heterocycles. The van der Waals surface area contributed by atoms with E-state index in [1.54, 1.807) is 17.6 Å². The Morgan fingerprint density at radius 2 is 0.857 bits per heavy atom. The fourth-order valence-electron chi connectivity index (χ4n) is 13.3. The molecule has 2 amide bonds. The normalized spacial score (nSPS) is 27.0. The molecular weight excluding hydrogens is 1470 g/mol. The van der Waals surface area contributed by atoms with E-state index in [4.69, 9.17) is 58.9 Å². The number of aliphatic hydroxyl groups is 13. The van der Waals surface area contributed by atoms with Gasteiger partial charge in [-0.25, -0.2) is 69.8 Å². The molecule has 44 nitrogen and oxygen atoms in total. The van der Waals surface area contributed by atoms with Crippen molar-refractivity contribution in [1.29, 1.82) is 0 Å². The number of nitrogens with zero attached hydrogens (tertiary/aromatic N) is 19. The van der Waals surface area contributed by atoms with E-state index in [2.05, 4.69) is 94.3 Å². The van der Waals surface area contributed by atoms with Crippen LogP contribution in [0.5, 0.6) is 0 Å². The van der Waals surface area contributed by atoms with Gasteiger partial charge in [-0.2, -0.15) is 0 Å². The second-order valence-electron chi connectivity index (χ2n) is 27.1. The second kappa shape index (κ2) is 38.3. The van der Waals surface area contributed by atoms with Gasteiger partial charge in [-0.1, -0.05) is 65.2 Å². The van der Waals surface area contributed by atoms with E-state index in [9.17, 15) is 60.7 Å². The van der Waals surface area contributed by atoms with E-state index < -0.39 is 124 Å². The van der Waals surface area contributed by atoms with Crippen molar-refractivity contribution in [2.75, 3.05) is 60.9 Å². The highest BCUT2D eigenvalue weighted by Gasteiger charge is 2.47. The maximum atomic E-state index is 12.2. The fourth-order valence-corrected chi connectivity index (χ4v) is 13.3. The molecule has 18 atom stereocenters. The van der Waals surface area contributed by atoms with Crippen molar-refractivity contribution in [3.8, 4) is 0 Å². The molecule has 0 radical (unpaired) electrons. The Hall–Kier alpha value is -9.56. The van der Waals surface area contributed by atoms with Gasteiger partial charge in [0.25, 0.3) is 0 Å². The van der Waals surface area contributed by atoms with E-state index in [0.29, 0.717) is 87.7 Å². The number of ether oxygens (including phenoxy) is 5. The maximum Gasteiger partial charge on any atom is 0.225 e. The van der Waals surface area contributed by atoms with Crippen molar-refractivity contribution < 1.29 is 102 Å². The number of amides is 2. The number of aliphatic hydroxyl groups excluding tert-OH is 13. The monoisotopic (exact) mass is 1570 g/mol. The first-order valence-corrected chi connectivity index (χ1v) is 36.6. The number of rotatable bonds is 24. The lowest BCUT2D eigenvalue weighted by Gasteiger charge is -2.16. The van der Waals surface area contributed by atoms with Gasteiger partial charge < -0.3 is 118 Å². The Labute approximate surface area is 640 Å². The highest BCUT2D eigenvalue weighted by Crippen LogP contribution is 2.38. The number of nitrogen functional groups attached to an aromatic ring is 3. The molecule has 21 N–H and O–H groups in total. The van der Waals surface area contributed by atoms with E-state index in [1.807, 2.05) is 0 Å². The van der Waals surface area contributed by atoms with Crippen molar-refractivity contribution >= 4 is 96.6 Å². The summed E-state index contributed by atoms with van der Waals surface area (Å²) in [6, 6.07) is 1.62. The minimum absolute atomic E-state index is 0.0986. The lowest BCUT2D eigenvalue weighted by atomic mass is 10.1. The number of aryl methyl sites for hydroxylation is 1. The zero-order valence-corrected chi connectivity index (χ0v) is 61.3. The summed E-state index contributed by atoms with van der Waals surface area (Å²) in [6.07, 6.45) is 4.98. The number of nitrogens with one attached hydrogen (secondary N) is 2. The van der Waals surface area contributed by atoms with E-state index >= 15 is 0 Å². The van der Waals surface area contributed by atoms with Gasteiger partial charge in [0.05, 0.1) is 82.5 Å². The number of carbonyl (C=O) groups is 2. The zero-order chi connectivity index (χ0) is 81.8. The molecular formula is C68H96N24O20. The number of pyridine rings is 1. The van der Waals surface area contributed by atoms with Crippen molar-refractivity contribution in [1.82, 2.24) is 92.6 Å². The number of unbranched alkanes of at least 4 members (excludes halogenated alkanes) is 8. The van der Waals surface area contributed by atoms with Gasteiger partial charge in [-0.15, -0.1) is 0 Å². The minimum atomic E-state index is -1.32. The van der Waals surface area contributed by atoms with Gasteiger partial charge in [-0.3, -0.25) is 32.4 Å². The topological polar surface area (TPSA) is 651 Å². The van der Waals surface area contributed by atoms with Crippen LogP contribution in [0.25, 0.3) is 55.8 Å².